The van der Waals surface area contributed by atoms with Gasteiger partial charge >= 0.3 is 5.97 Å². The van der Waals surface area contributed by atoms with Crippen molar-refractivity contribution in [2.24, 2.45) is 5.92 Å². The van der Waals surface area contributed by atoms with Crippen molar-refractivity contribution in [2.45, 2.75) is 45.1 Å². The number of carbonyl (C=O) groups excluding carboxylic acids is 2. The SMILES string of the molecule is CCOc1cc(/C=C/C(=O)NC2(C(=O)OC)CCC(C)CC2)cc(Cl)c1OC. The quantitative estimate of drug-likeness (QED) is 0.544. The summed E-state index contributed by atoms with van der Waals surface area (Å²) in [5, 5.41) is 3.25. The fourth-order valence-electron chi connectivity index (χ4n) is 3.43. The van der Waals surface area contributed by atoms with Crippen LogP contribution >= 0.6 is 11.6 Å². The van der Waals surface area contributed by atoms with Crippen molar-refractivity contribution in [1.82, 2.24) is 5.32 Å². The van der Waals surface area contributed by atoms with Gasteiger partial charge in [0.1, 0.15) is 5.54 Å². The molecule has 1 N–H and O–H groups in total. The summed E-state index contributed by atoms with van der Waals surface area (Å²) < 4.78 is 15.8. The number of hydrogen-bond acceptors (Lipinski definition) is 5. The minimum absolute atomic E-state index is 0.357. The first-order valence-corrected chi connectivity index (χ1v) is 9.82. The second-order valence-corrected chi connectivity index (χ2v) is 7.45. The minimum Gasteiger partial charge on any atom is -0.491 e. The van der Waals surface area contributed by atoms with Gasteiger partial charge in [-0.05, 0) is 62.3 Å². The summed E-state index contributed by atoms with van der Waals surface area (Å²) in [5.41, 5.74) is -0.273. The van der Waals surface area contributed by atoms with Crippen LogP contribution in [0.2, 0.25) is 5.02 Å². The fourth-order valence-corrected chi connectivity index (χ4v) is 3.72. The number of carbonyl (C=O) groups is 2. The summed E-state index contributed by atoms with van der Waals surface area (Å²) in [7, 11) is 2.86. The zero-order valence-electron chi connectivity index (χ0n) is 16.8. The van der Waals surface area contributed by atoms with Gasteiger partial charge in [0.15, 0.2) is 11.5 Å². The molecule has 1 aromatic rings. The van der Waals surface area contributed by atoms with Crippen LogP contribution in [0.1, 0.15) is 45.1 Å². The van der Waals surface area contributed by atoms with E-state index in [1.165, 1.54) is 20.3 Å². The Morgan fingerprint density at radius 2 is 1.96 bits per heavy atom. The Morgan fingerprint density at radius 1 is 1.29 bits per heavy atom. The zero-order chi connectivity index (χ0) is 20.7. The summed E-state index contributed by atoms with van der Waals surface area (Å²) in [4.78, 5) is 24.8. The van der Waals surface area contributed by atoms with Crippen LogP contribution in [0.5, 0.6) is 11.5 Å². The molecular weight excluding hydrogens is 382 g/mol. The van der Waals surface area contributed by atoms with Gasteiger partial charge in [0.2, 0.25) is 5.91 Å². The number of amides is 1. The Kier molecular flexibility index (Phi) is 7.75. The first-order valence-electron chi connectivity index (χ1n) is 9.44. The zero-order valence-corrected chi connectivity index (χ0v) is 17.6. The highest BCUT2D eigenvalue weighted by Gasteiger charge is 2.43. The van der Waals surface area contributed by atoms with Crippen LogP contribution in [0, 0.1) is 5.92 Å². The number of methoxy groups -OCH3 is 2. The van der Waals surface area contributed by atoms with Crippen LogP contribution in [0.3, 0.4) is 0 Å². The molecule has 0 bridgehead atoms. The lowest BCUT2D eigenvalue weighted by Crippen LogP contribution is -2.56. The van der Waals surface area contributed by atoms with E-state index in [0.717, 1.165) is 12.8 Å². The molecule has 28 heavy (non-hydrogen) atoms. The van der Waals surface area contributed by atoms with Crippen molar-refractivity contribution in [3.8, 4) is 11.5 Å². The molecule has 0 heterocycles. The highest BCUT2D eigenvalue weighted by Crippen LogP contribution is 2.37. The summed E-state index contributed by atoms with van der Waals surface area (Å²) >= 11 is 6.24. The van der Waals surface area contributed by atoms with Crippen molar-refractivity contribution >= 4 is 29.6 Å². The smallest absolute Gasteiger partial charge is 0.331 e. The second kappa shape index (κ2) is 9.82. The van der Waals surface area contributed by atoms with Gasteiger partial charge in [-0.3, -0.25) is 4.79 Å². The number of nitrogens with one attached hydrogen (secondary N) is 1. The molecule has 6 nitrogen and oxygen atoms in total. The van der Waals surface area contributed by atoms with Crippen LogP contribution in [0.4, 0.5) is 0 Å². The van der Waals surface area contributed by atoms with E-state index in [1.54, 1.807) is 18.2 Å². The van der Waals surface area contributed by atoms with Crippen LogP contribution < -0.4 is 14.8 Å². The Morgan fingerprint density at radius 3 is 2.54 bits per heavy atom. The Hall–Kier alpha value is -2.21. The number of ether oxygens (including phenoxy) is 3. The molecule has 1 saturated carbocycles. The van der Waals surface area contributed by atoms with E-state index in [-0.39, 0.29) is 5.91 Å². The van der Waals surface area contributed by atoms with E-state index in [0.29, 0.717) is 47.5 Å². The van der Waals surface area contributed by atoms with Crippen LogP contribution in [-0.4, -0.2) is 38.2 Å². The molecular formula is C21H28ClNO5. The first kappa shape index (κ1) is 22.1. The van der Waals surface area contributed by atoms with Crippen LogP contribution in [-0.2, 0) is 14.3 Å². The van der Waals surface area contributed by atoms with E-state index < -0.39 is 11.5 Å². The standard InChI is InChI=1S/C21H28ClNO5/c1-5-28-17-13-15(12-16(22)19(17)26-3)6-7-18(24)23-21(20(25)27-4)10-8-14(2)9-11-21/h6-7,12-14H,5,8-11H2,1-4H3,(H,23,24)/b7-6+. The van der Waals surface area contributed by atoms with Crippen molar-refractivity contribution in [3.63, 3.8) is 0 Å². The van der Waals surface area contributed by atoms with E-state index in [4.69, 9.17) is 25.8 Å². The number of hydrogen-bond donors (Lipinski definition) is 1. The summed E-state index contributed by atoms with van der Waals surface area (Å²) in [5.74, 6) is 0.733. The largest absolute Gasteiger partial charge is 0.491 e. The van der Waals surface area contributed by atoms with Gasteiger partial charge in [0.25, 0.3) is 0 Å². The summed E-state index contributed by atoms with van der Waals surface area (Å²) in [6.45, 7) is 4.47. The number of halogens is 1. The molecule has 154 valence electrons. The van der Waals surface area contributed by atoms with Gasteiger partial charge < -0.3 is 19.5 Å². The minimum atomic E-state index is -0.962. The summed E-state index contributed by atoms with van der Waals surface area (Å²) in [6.07, 6.45) is 5.89. The van der Waals surface area contributed by atoms with Gasteiger partial charge in [-0.25, -0.2) is 4.79 Å². The maximum atomic E-state index is 12.5. The van der Waals surface area contributed by atoms with Crippen molar-refractivity contribution in [2.75, 3.05) is 20.8 Å². The Balaban J connectivity index is 2.17. The normalized spacial score (nSPS) is 22.0. The molecule has 0 aromatic heterocycles. The Bertz CT molecular complexity index is 739. The lowest BCUT2D eigenvalue weighted by molar-refractivity contribution is -0.152. The molecule has 1 aliphatic rings. The van der Waals surface area contributed by atoms with E-state index >= 15 is 0 Å². The molecule has 0 unspecified atom stereocenters. The number of rotatable bonds is 7. The Labute approximate surface area is 171 Å². The van der Waals surface area contributed by atoms with Gasteiger partial charge in [0, 0.05) is 6.08 Å². The topological polar surface area (TPSA) is 73.9 Å². The van der Waals surface area contributed by atoms with Gasteiger partial charge in [0.05, 0.1) is 25.8 Å². The lowest BCUT2D eigenvalue weighted by atomic mass is 9.77. The molecule has 0 atom stereocenters. The van der Waals surface area contributed by atoms with Crippen molar-refractivity contribution < 1.29 is 23.8 Å². The monoisotopic (exact) mass is 409 g/mol. The predicted octanol–water partition coefficient (Wildman–Crippen LogP) is 4.00. The third-order valence-corrected chi connectivity index (χ3v) is 5.31. The second-order valence-electron chi connectivity index (χ2n) is 7.05. The lowest BCUT2D eigenvalue weighted by Gasteiger charge is -2.37. The average molecular weight is 410 g/mol. The molecule has 0 radical (unpaired) electrons. The van der Waals surface area contributed by atoms with Crippen molar-refractivity contribution in [1.29, 1.82) is 0 Å². The molecule has 0 aliphatic heterocycles. The average Bonchev–Trinajstić information content (AvgIpc) is 2.68. The van der Waals surface area contributed by atoms with Crippen LogP contribution in [0.25, 0.3) is 6.08 Å². The fraction of sp³-hybridized carbons (Fsp3) is 0.524. The van der Waals surface area contributed by atoms with Gasteiger partial charge in [-0.1, -0.05) is 18.5 Å². The molecule has 1 aromatic carbocycles. The molecule has 1 fully saturated rings. The van der Waals surface area contributed by atoms with Gasteiger partial charge in [-0.2, -0.15) is 0 Å². The van der Waals surface area contributed by atoms with Crippen LogP contribution in [0.15, 0.2) is 18.2 Å². The molecule has 2 rings (SSSR count). The molecule has 7 heteroatoms. The highest BCUT2D eigenvalue weighted by molar-refractivity contribution is 6.32. The highest BCUT2D eigenvalue weighted by atomic mass is 35.5. The predicted molar refractivity (Wildman–Crippen MR) is 109 cm³/mol. The molecule has 1 aliphatic carbocycles. The molecule has 0 saturated heterocycles. The van der Waals surface area contributed by atoms with E-state index in [2.05, 4.69) is 12.2 Å². The van der Waals surface area contributed by atoms with Gasteiger partial charge in [-0.15, -0.1) is 0 Å². The first-order chi connectivity index (χ1) is 13.3. The van der Waals surface area contributed by atoms with E-state index in [1.807, 2.05) is 6.92 Å². The maximum absolute atomic E-state index is 12.5. The molecule has 1 amide bonds. The van der Waals surface area contributed by atoms with Crippen molar-refractivity contribution in [3.05, 3.63) is 28.8 Å². The number of esters is 1. The maximum Gasteiger partial charge on any atom is 0.331 e. The summed E-state index contributed by atoms with van der Waals surface area (Å²) in [6, 6.07) is 3.43. The van der Waals surface area contributed by atoms with E-state index in [9.17, 15) is 9.59 Å². The third-order valence-electron chi connectivity index (χ3n) is 5.03. The molecule has 0 spiro atoms. The third kappa shape index (κ3) is 5.19. The number of benzene rings is 1.